The number of benzene rings is 2. The molecule has 0 radical (unpaired) electrons. The van der Waals surface area contributed by atoms with E-state index in [9.17, 15) is 9.59 Å². The zero-order valence-electron chi connectivity index (χ0n) is 18.5. The Hall–Kier alpha value is -3.06. The van der Waals surface area contributed by atoms with Crippen molar-refractivity contribution in [3.05, 3.63) is 65.2 Å². The quantitative estimate of drug-likeness (QED) is 0.651. The lowest BCUT2D eigenvalue weighted by Gasteiger charge is -2.29. The molecule has 7 nitrogen and oxygen atoms in total. The molecule has 0 bridgehead atoms. The normalized spacial score (nSPS) is 13.0. The van der Waals surface area contributed by atoms with Crippen molar-refractivity contribution in [3.63, 3.8) is 0 Å². The fourth-order valence-electron chi connectivity index (χ4n) is 3.64. The summed E-state index contributed by atoms with van der Waals surface area (Å²) < 4.78 is 10.8. The first-order chi connectivity index (χ1) is 15.0. The van der Waals surface area contributed by atoms with Gasteiger partial charge in [-0.2, -0.15) is 0 Å². The highest BCUT2D eigenvalue weighted by Gasteiger charge is 2.24. The minimum Gasteiger partial charge on any atom is -0.483 e. The molecule has 0 spiro atoms. The Balaban J connectivity index is 1.66. The molecule has 1 aliphatic heterocycles. The van der Waals surface area contributed by atoms with Gasteiger partial charge in [0.15, 0.2) is 6.61 Å². The van der Waals surface area contributed by atoms with Crippen molar-refractivity contribution in [2.24, 2.45) is 0 Å². The van der Waals surface area contributed by atoms with E-state index < -0.39 is 0 Å². The van der Waals surface area contributed by atoms with Crippen LogP contribution in [0, 0.1) is 0 Å². The largest absolute Gasteiger partial charge is 0.483 e. The Bertz CT molecular complexity index is 886. The van der Waals surface area contributed by atoms with Crippen molar-refractivity contribution in [1.29, 1.82) is 0 Å². The molecule has 2 aromatic rings. The topological polar surface area (TPSA) is 62.3 Å². The Morgan fingerprint density at radius 3 is 2.52 bits per heavy atom. The maximum atomic E-state index is 13.0. The number of methoxy groups -OCH3 is 1. The second-order valence-electron chi connectivity index (χ2n) is 7.93. The minimum atomic E-state index is -0.329. The Labute approximate surface area is 184 Å². The monoisotopic (exact) mass is 425 g/mol. The molecule has 0 fully saturated rings. The van der Waals surface area contributed by atoms with E-state index in [1.54, 1.807) is 4.90 Å². The number of likely N-dealkylation sites (N-methyl/N-ethyl adjacent to an activating group) is 1. The van der Waals surface area contributed by atoms with E-state index in [0.29, 0.717) is 38.3 Å². The molecule has 0 saturated heterocycles. The standard InChI is InChI=1S/C24H31N3O4/c1-25(2)14-15-26(16-19-8-5-4-6-9-19)23(28)18-31-22-11-7-10-20-17-27(24(29)30-3)13-12-21(20)22/h4-11H,12-18H2,1-3H3. The van der Waals surface area contributed by atoms with Crippen LogP contribution in [0.2, 0.25) is 0 Å². The molecule has 0 saturated carbocycles. The summed E-state index contributed by atoms with van der Waals surface area (Å²) in [5.41, 5.74) is 3.17. The van der Waals surface area contributed by atoms with Gasteiger partial charge >= 0.3 is 6.09 Å². The first-order valence-electron chi connectivity index (χ1n) is 10.5. The van der Waals surface area contributed by atoms with Crippen molar-refractivity contribution in [1.82, 2.24) is 14.7 Å². The number of hydrogen-bond acceptors (Lipinski definition) is 5. The number of amides is 2. The summed E-state index contributed by atoms with van der Waals surface area (Å²) in [6, 6.07) is 15.8. The van der Waals surface area contributed by atoms with Crippen LogP contribution >= 0.6 is 0 Å². The third kappa shape index (κ3) is 6.21. The van der Waals surface area contributed by atoms with Crippen LogP contribution < -0.4 is 4.74 Å². The predicted molar refractivity (Wildman–Crippen MR) is 119 cm³/mol. The Morgan fingerprint density at radius 2 is 1.81 bits per heavy atom. The van der Waals surface area contributed by atoms with Gasteiger partial charge in [0.25, 0.3) is 5.91 Å². The predicted octanol–water partition coefficient (Wildman–Crippen LogP) is 2.78. The van der Waals surface area contributed by atoms with Crippen LogP contribution in [0.1, 0.15) is 16.7 Å². The van der Waals surface area contributed by atoms with Gasteiger partial charge in [0.2, 0.25) is 0 Å². The number of nitrogens with zero attached hydrogens (tertiary/aromatic N) is 3. The van der Waals surface area contributed by atoms with Gasteiger partial charge in [-0.25, -0.2) is 4.79 Å². The lowest BCUT2D eigenvalue weighted by molar-refractivity contribution is -0.134. The first kappa shape index (κ1) is 22.6. The van der Waals surface area contributed by atoms with E-state index in [1.165, 1.54) is 7.11 Å². The van der Waals surface area contributed by atoms with E-state index in [1.807, 2.05) is 67.5 Å². The molecular formula is C24H31N3O4. The van der Waals surface area contributed by atoms with Crippen LogP contribution in [0.25, 0.3) is 0 Å². The third-order valence-corrected chi connectivity index (χ3v) is 5.39. The number of carbonyl (C=O) groups is 2. The molecule has 0 aliphatic carbocycles. The maximum Gasteiger partial charge on any atom is 0.409 e. The number of hydrogen-bond donors (Lipinski definition) is 0. The second-order valence-corrected chi connectivity index (χ2v) is 7.93. The van der Waals surface area contributed by atoms with Gasteiger partial charge in [0.1, 0.15) is 5.75 Å². The number of ether oxygens (including phenoxy) is 2. The van der Waals surface area contributed by atoms with Gasteiger partial charge in [-0.1, -0.05) is 42.5 Å². The SMILES string of the molecule is COC(=O)N1CCc2c(cccc2OCC(=O)N(CCN(C)C)Cc2ccccc2)C1. The summed E-state index contributed by atoms with van der Waals surface area (Å²) in [4.78, 5) is 30.4. The fourth-order valence-corrected chi connectivity index (χ4v) is 3.64. The van der Waals surface area contributed by atoms with Crippen molar-refractivity contribution in [2.45, 2.75) is 19.5 Å². The first-order valence-corrected chi connectivity index (χ1v) is 10.5. The summed E-state index contributed by atoms with van der Waals surface area (Å²) in [6.45, 7) is 3.00. The lowest BCUT2D eigenvalue weighted by atomic mass is 9.99. The fraction of sp³-hybridized carbons (Fsp3) is 0.417. The van der Waals surface area contributed by atoms with E-state index in [4.69, 9.17) is 9.47 Å². The van der Waals surface area contributed by atoms with Gasteiger partial charge < -0.3 is 24.2 Å². The molecule has 0 N–H and O–H groups in total. The molecular weight excluding hydrogens is 394 g/mol. The Kier molecular flexibility index (Phi) is 7.89. The van der Waals surface area contributed by atoms with E-state index >= 15 is 0 Å². The molecule has 1 aliphatic rings. The summed E-state index contributed by atoms with van der Waals surface area (Å²) in [7, 11) is 5.38. The van der Waals surface area contributed by atoms with Crippen LogP contribution in [0.5, 0.6) is 5.75 Å². The van der Waals surface area contributed by atoms with E-state index in [2.05, 4.69) is 4.90 Å². The number of carbonyl (C=O) groups excluding carboxylic acids is 2. The summed E-state index contributed by atoms with van der Waals surface area (Å²) in [6.07, 6.45) is 0.341. The summed E-state index contributed by atoms with van der Waals surface area (Å²) in [5.74, 6) is 0.665. The molecule has 2 aromatic carbocycles. The smallest absolute Gasteiger partial charge is 0.409 e. The zero-order valence-corrected chi connectivity index (χ0v) is 18.5. The third-order valence-electron chi connectivity index (χ3n) is 5.39. The van der Waals surface area contributed by atoms with Crippen LogP contribution in [0.4, 0.5) is 4.79 Å². The number of fused-ring (bicyclic) bond motifs is 1. The van der Waals surface area contributed by atoms with Crippen LogP contribution in [0.15, 0.2) is 48.5 Å². The van der Waals surface area contributed by atoms with Gasteiger partial charge in [-0.15, -0.1) is 0 Å². The van der Waals surface area contributed by atoms with Crippen molar-refractivity contribution in [2.75, 3.05) is 47.4 Å². The highest BCUT2D eigenvalue weighted by molar-refractivity contribution is 5.78. The molecule has 166 valence electrons. The number of rotatable bonds is 8. The molecule has 1 heterocycles. The van der Waals surface area contributed by atoms with Crippen LogP contribution in [-0.4, -0.2) is 74.1 Å². The van der Waals surface area contributed by atoms with Gasteiger partial charge in [-0.05, 0) is 37.7 Å². The van der Waals surface area contributed by atoms with Gasteiger partial charge in [0.05, 0.1) is 7.11 Å². The van der Waals surface area contributed by atoms with Crippen LogP contribution in [-0.2, 0) is 29.0 Å². The van der Waals surface area contributed by atoms with E-state index in [0.717, 1.165) is 23.2 Å². The second kappa shape index (κ2) is 10.8. The highest BCUT2D eigenvalue weighted by Crippen LogP contribution is 2.28. The van der Waals surface area contributed by atoms with Gasteiger partial charge in [-0.3, -0.25) is 4.79 Å². The van der Waals surface area contributed by atoms with Crippen molar-refractivity contribution < 1.29 is 19.1 Å². The van der Waals surface area contributed by atoms with Crippen molar-refractivity contribution >= 4 is 12.0 Å². The molecule has 0 unspecified atom stereocenters. The van der Waals surface area contributed by atoms with Crippen molar-refractivity contribution in [3.8, 4) is 5.75 Å². The summed E-state index contributed by atoms with van der Waals surface area (Å²) in [5, 5.41) is 0. The zero-order chi connectivity index (χ0) is 22.2. The average molecular weight is 426 g/mol. The molecule has 31 heavy (non-hydrogen) atoms. The van der Waals surface area contributed by atoms with Crippen LogP contribution in [0.3, 0.4) is 0 Å². The van der Waals surface area contributed by atoms with E-state index in [-0.39, 0.29) is 18.6 Å². The average Bonchev–Trinajstić information content (AvgIpc) is 2.79. The highest BCUT2D eigenvalue weighted by atomic mass is 16.5. The maximum absolute atomic E-state index is 13.0. The molecule has 0 aromatic heterocycles. The molecule has 7 heteroatoms. The lowest BCUT2D eigenvalue weighted by Crippen LogP contribution is -2.39. The Morgan fingerprint density at radius 1 is 1.03 bits per heavy atom. The molecule has 2 amide bonds. The molecule has 0 atom stereocenters. The summed E-state index contributed by atoms with van der Waals surface area (Å²) >= 11 is 0. The van der Waals surface area contributed by atoms with Gasteiger partial charge in [0, 0.05) is 38.3 Å². The minimum absolute atomic E-state index is 0.0164. The molecule has 3 rings (SSSR count).